The Morgan fingerprint density at radius 3 is 2.36 bits per heavy atom. The third-order valence-corrected chi connectivity index (χ3v) is 11.0. The van der Waals surface area contributed by atoms with Crippen molar-refractivity contribution < 1.29 is 0 Å². The lowest BCUT2D eigenvalue weighted by molar-refractivity contribution is -0.00825. The van der Waals surface area contributed by atoms with E-state index in [9.17, 15) is 0 Å². The van der Waals surface area contributed by atoms with E-state index in [1.807, 2.05) is 5.57 Å². The second-order valence-corrected chi connectivity index (χ2v) is 12.5. The molecule has 0 saturated heterocycles. The summed E-state index contributed by atoms with van der Waals surface area (Å²) in [6.45, 7) is 15.3. The summed E-state index contributed by atoms with van der Waals surface area (Å²) in [6, 6.07) is 0. The van der Waals surface area contributed by atoms with E-state index in [2.05, 4.69) is 47.6 Å². The van der Waals surface area contributed by atoms with Crippen LogP contribution in [-0.4, -0.2) is 0 Å². The molecule has 28 heavy (non-hydrogen) atoms. The number of hydrogen-bond acceptors (Lipinski definition) is 0. The zero-order valence-electron chi connectivity index (χ0n) is 19.9. The molecule has 4 aliphatic rings. The van der Waals surface area contributed by atoms with Crippen molar-refractivity contribution >= 4 is 0 Å². The zero-order chi connectivity index (χ0) is 20.1. The van der Waals surface area contributed by atoms with E-state index in [1.54, 1.807) is 0 Å². The lowest BCUT2D eigenvalue weighted by Crippen LogP contribution is -2.48. The van der Waals surface area contributed by atoms with Crippen molar-refractivity contribution in [2.24, 2.45) is 52.3 Å². The molecule has 0 spiro atoms. The molecular weight excluding hydrogens is 336 g/mol. The van der Waals surface area contributed by atoms with Gasteiger partial charge in [-0.05, 0) is 97.2 Å². The Hall–Kier alpha value is -0.260. The molecular formula is C28H48. The fraction of sp³-hybridized carbons (Fsp3) is 0.929. The molecule has 160 valence electrons. The minimum Gasteiger partial charge on any atom is -0.0844 e. The van der Waals surface area contributed by atoms with Crippen LogP contribution in [0.1, 0.15) is 112 Å². The third kappa shape index (κ3) is 3.33. The molecule has 8 atom stereocenters. The number of rotatable bonds is 5. The van der Waals surface area contributed by atoms with Gasteiger partial charge in [-0.2, -0.15) is 0 Å². The molecule has 0 aromatic heterocycles. The van der Waals surface area contributed by atoms with Crippen LogP contribution in [0, 0.1) is 52.3 Å². The predicted molar refractivity (Wildman–Crippen MR) is 122 cm³/mol. The second kappa shape index (κ2) is 7.77. The quantitative estimate of drug-likeness (QED) is 0.416. The Bertz CT molecular complexity index is 585. The van der Waals surface area contributed by atoms with E-state index >= 15 is 0 Å². The molecule has 1 unspecified atom stereocenters. The van der Waals surface area contributed by atoms with Crippen molar-refractivity contribution in [1.82, 2.24) is 0 Å². The Kier molecular flexibility index (Phi) is 5.83. The maximum atomic E-state index is 2.79. The summed E-state index contributed by atoms with van der Waals surface area (Å²) in [4.78, 5) is 0. The van der Waals surface area contributed by atoms with Crippen molar-refractivity contribution in [3.05, 3.63) is 11.6 Å². The Labute approximate surface area is 176 Å². The van der Waals surface area contributed by atoms with Crippen molar-refractivity contribution in [2.45, 2.75) is 112 Å². The average Bonchev–Trinajstić information content (AvgIpc) is 3.02. The average molecular weight is 385 g/mol. The number of fused-ring (bicyclic) bond motifs is 5. The summed E-state index contributed by atoms with van der Waals surface area (Å²) in [5, 5.41) is 0. The first-order valence-corrected chi connectivity index (χ1v) is 13.0. The molecule has 0 aromatic carbocycles. The van der Waals surface area contributed by atoms with E-state index in [-0.39, 0.29) is 0 Å². The highest BCUT2D eigenvalue weighted by Crippen LogP contribution is 2.66. The van der Waals surface area contributed by atoms with Crippen LogP contribution in [0.5, 0.6) is 0 Å². The minimum absolute atomic E-state index is 0.598. The standard InChI is InChI=1S/C28H48/c1-19(2)20(3)10-11-21(4)24-14-15-25-23-13-12-22-9-7-8-17-27(22,5)26(23)16-18-28(24,25)6/h13,19-22,24-26H,7-12,14-18H2,1-6H3/t20-,21-,22?,24-,25+,26+,27+,28-/m1/s1. The summed E-state index contributed by atoms with van der Waals surface area (Å²) in [5.41, 5.74) is 3.19. The minimum atomic E-state index is 0.598. The highest BCUT2D eigenvalue weighted by atomic mass is 14.6. The fourth-order valence-corrected chi connectivity index (χ4v) is 8.58. The molecule has 3 fully saturated rings. The lowest BCUT2D eigenvalue weighted by Gasteiger charge is -2.57. The Morgan fingerprint density at radius 1 is 0.857 bits per heavy atom. The van der Waals surface area contributed by atoms with Gasteiger partial charge in [0.1, 0.15) is 0 Å². The van der Waals surface area contributed by atoms with Gasteiger partial charge < -0.3 is 0 Å². The van der Waals surface area contributed by atoms with Gasteiger partial charge in [0.25, 0.3) is 0 Å². The molecule has 0 aromatic rings. The highest BCUT2D eigenvalue weighted by Gasteiger charge is 2.57. The Morgan fingerprint density at radius 2 is 1.61 bits per heavy atom. The van der Waals surface area contributed by atoms with Gasteiger partial charge in [-0.1, -0.05) is 78.9 Å². The van der Waals surface area contributed by atoms with Crippen LogP contribution in [-0.2, 0) is 0 Å². The van der Waals surface area contributed by atoms with Crippen LogP contribution in [0.25, 0.3) is 0 Å². The molecule has 0 radical (unpaired) electrons. The first kappa shape index (κ1) is 21.0. The summed E-state index contributed by atoms with van der Waals surface area (Å²) in [5.74, 6) is 6.44. The van der Waals surface area contributed by atoms with Gasteiger partial charge in [0.05, 0.1) is 0 Å². The van der Waals surface area contributed by atoms with E-state index in [0.29, 0.717) is 10.8 Å². The summed E-state index contributed by atoms with van der Waals surface area (Å²) < 4.78 is 0. The molecule has 0 bridgehead atoms. The monoisotopic (exact) mass is 384 g/mol. The van der Waals surface area contributed by atoms with Gasteiger partial charge in [-0.15, -0.1) is 0 Å². The zero-order valence-corrected chi connectivity index (χ0v) is 19.9. The van der Waals surface area contributed by atoms with E-state index in [0.717, 1.165) is 41.4 Å². The van der Waals surface area contributed by atoms with Crippen molar-refractivity contribution in [3.8, 4) is 0 Å². The number of hydrogen-bond donors (Lipinski definition) is 0. The maximum absolute atomic E-state index is 2.79. The molecule has 4 aliphatic carbocycles. The molecule has 0 N–H and O–H groups in total. The molecule has 0 heteroatoms. The summed E-state index contributed by atoms with van der Waals surface area (Å²) in [6.07, 6.45) is 19.1. The van der Waals surface area contributed by atoms with Gasteiger partial charge in [0.2, 0.25) is 0 Å². The van der Waals surface area contributed by atoms with Crippen molar-refractivity contribution in [1.29, 1.82) is 0 Å². The van der Waals surface area contributed by atoms with Crippen LogP contribution in [0.3, 0.4) is 0 Å². The molecule has 3 saturated carbocycles. The van der Waals surface area contributed by atoms with Gasteiger partial charge >= 0.3 is 0 Å². The fourth-order valence-electron chi connectivity index (χ4n) is 8.58. The van der Waals surface area contributed by atoms with Gasteiger partial charge in [0, 0.05) is 0 Å². The van der Waals surface area contributed by atoms with Crippen LogP contribution in [0.2, 0.25) is 0 Å². The SMILES string of the molecule is CC(C)[C@H](C)CC[C@@H](C)[C@H]1CC[C@H]2C3=CCC4CCCC[C@]4(C)[C@H]3CC[C@]12C. The summed E-state index contributed by atoms with van der Waals surface area (Å²) in [7, 11) is 0. The number of allylic oxidation sites excluding steroid dienone is 2. The van der Waals surface area contributed by atoms with Gasteiger partial charge in [-0.25, -0.2) is 0 Å². The molecule has 0 nitrogen and oxygen atoms in total. The van der Waals surface area contributed by atoms with Crippen LogP contribution in [0.4, 0.5) is 0 Å². The second-order valence-electron chi connectivity index (χ2n) is 12.5. The first-order valence-electron chi connectivity index (χ1n) is 13.0. The van der Waals surface area contributed by atoms with Crippen molar-refractivity contribution in [2.75, 3.05) is 0 Å². The topological polar surface area (TPSA) is 0 Å². The molecule has 0 amide bonds. The molecule has 0 heterocycles. The predicted octanol–water partition coefficient (Wildman–Crippen LogP) is 8.66. The van der Waals surface area contributed by atoms with Gasteiger partial charge in [0.15, 0.2) is 0 Å². The normalized spacial score (nSPS) is 45.0. The Balaban J connectivity index is 1.49. The molecule has 4 rings (SSSR count). The first-order chi connectivity index (χ1) is 13.3. The highest BCUT2D eigenvalue weighted by molar-refractivity contribution is 5.27. The summed E-state index contributed by atoms with van der Waals surface area (Å²) >= 11 is 0. The lowest BCUT2D eigenvalue weighted by atomic mass is 9.48. The smallest absolute Gasteiger partial charge is 0.0143 e. The third-order valence-electron chi connectivity index (χ3n) is 11.0. The van der Waals surface area contributed by atoms with Crippen LogP contribution < -0.4 is 0 Å². The van der Waals surface area contributed by atoms with E-state index < -0.39 is 0 Å². The van der Waals surface area contributed by atoms with Crippen molar-refractivity contribution in [3.63, 3.8) is 0 Å². The maximum Gasteiger partial charge on any atom is -0.0143 e. The van der Waals surface area contributed by atoms with E-state index in [1.165, 1.54) is 70.6 Å². The molecule has 0 aliphatic heterocycles. The van der Waals surface area contributed by atoms with Crippen LogP contribution in [0.15, 0.2) is 11.6 Å². The van der Waals surface area contributed by atoms with E-state index in [4.69, 9.17) is 0 Å². The van der Waals surface area contributed by atoms with Gasteiger partial charge in [-0.3, -0.25) is 0 Å². The van der Waals surface area contributed by atoms with Crippen LogP contribution >= 0.6 is 0 Å². The largest absolute Gasteiger partial charge is 0.0844 e.